The van der Waals surface area contributed by atoms with E-state index in [0.717, 1.165) is 10.1 Å². The van der Waals surface area contributed by atoms with Crippen molar-refractivity contribution in [3.8, 4) is 11.5 Å². The molecule has 0 N–H and O–H groups in total. The Morgan fingerprint density at radius 2 is 2.07 bits per heavy atom. The number of ether oxygens (including phenoxy) is 2. The van der Waals surface area contributed by atoms with Crippen molar-refractivity contribution >= 4 is 33.0 Å². The molecule has 0 atom stereocenters. The van der Waals surface area contributed by atoms with Crippen LogP contribution in [0.5, 0.6) is 11.5 Å². The van der Waals surface area contributed by atoms with Crippen LogP contribution in [0.4, 0.5) is 0 Å². The minimum Gasteiger partial charge on any atom is -0.493 e. The molecule has 0 aliphatic carbocycles. The highest BCUT2D eigenvalue weighted by Gasteiger charge is 2.13. The zero-order chi connectivity index (χ0) is 10.1. The molecule has 0 saturated carbocycles. The summed E-state index contributed by atoms with van der Waals surface area (Å²) in [6.45, 7) is 0. The molecule has 0 amide bonds. The van der Waals surface area contributed by atoms with Crippen LogP contribution in [0.15, 0.2) is 17.5 Å². The van der Waals surface area contributed by atoms with E-state index in [1.165, 1.54) is 0 Å². The smallest absolute Gasteiger partial charge is 0.180 e. The first-order valence-electron chi connectivity index (χ1n) is 4.05. The molecule has 1 aromatic heterocycles. The van der Waals surface area contributed by atoms with Crippen LogP contribution < -0.4 is 9.47 Å². The van der Waals surface area contributed by atoms with Crippen LogP contribution in [0.2, 0.25) is 5.02 Å². The predicted molar refractivity (Wildman–Crippen MR) is 59.9 cm³/mol. The third-order valence-electron chi connectivity index (χ3n) is 2.04. The van der Waals surface area contributed by atoms with Crippen molar-refractivity contribution in [1.29, 1.82) is 0 Å². The molecule has 2 aromatic rings. The van der Waals surface area contributed by atoms with Gasteiger partial charge in [0.05, 0.1) is 19.2 Å². The van der Waals surface area contributed by atoms with E-state index in [4.69, 9.17) is 21.1 Å². The summed E-state index contributed by atoms with van der Waals surface area (Å²) in [7, 11) is 3.19. The van der Waals surface area contributed by atoms with Gasteiger partial charge >= 0.3 is 0 Å². The normalized spacial score (nSPS) is 10.5. The topological polar surface area (TPSA) is 18.5 Å². The van der Waals surface area contributed by atoms with Crippen LogP contribution in [0, 0.1) is 0 Å². The van der Waals surface area contributed by atoms with Gasteiger partial charge in [0.25, 0.3) is 0 Å². The van der Waals surface area contributed by atoms with Gasteiger partial charge in [-0.2, -0.15) is 0 Å². The molecule has 0 bridgehead atoms. The Labute approximate surface area is 91.0 Å². The average Bonchev–Trinajstić information content (AvgIpc) is 2.65. The van der Waals surface area contributed by atoms with Crippen LogP contribution in [0.25, 0.3) is 10.1 Å². The van der Waals surface area contributed by atoms with E-state index in [0.29, 0.717) is 16.5 Å². The summed E-state index contributed by atoms with van der Waals surface area (Å²) in [5.74, 6) is 1.27. The summed E-state index contributed by atoms with van der Waals surface area (Å²) in [6.07, 6.45) is 0. The molecule has 2 rings (SSSR count). The fraction of sp³-hybridized carbons (Fsp3) is 0.200. The van der Waals surface area contributed by atoms with Crippen molar-refractivity contribution in [3.05, 3.63) is 22.5 Å². The van der Waals surface area contributed by atoms with Gasteiger partial charge in [0.2, 0.25) is 0 Å². The van der Waals surface area contributed by atoms with Crippen LogP contribution in [-0.4, -0.2) is 14.2 Å². The Bertz CT molecular complexity index is 464. The molecule has 0 saturated heterocycles. The lowest BCUT2D eigenvalue weighted by atomic mass is 10.2. The summed E-state index contributed by atoms with van der Waals surface area (Å²) >= 11 is 7.80. The fourth-order valence-corrected chi connectivity index (χ4v) is 2.58. The minimum atomic E-state index is 0.597. The van der Waals surface area contributed by atoms with Gasteiger partial charge in [0, 0.05) is 16.2 Å². The van der Waals surface area contributed by atoms with Crippen molar-refractivity contribution in [3.63, 3.8) is 0 Å². The third-order valence-corrected chi connectivity index (χ3v) is 3.28. The second kappa shape index (κ2) is 3.67. The van der Waals surface area contributed by atoms with Gasteiger partial charge in [0.15, 0.2) is 11.5 Å². The molecule has 0 unspecified atom stereocenters. The molecule has 0 spiro atoms. The van der Waals surface area contributed by atoms with Crippen molar-refractivity contribution in [2.45, 2.75) is 0 Å². The molecule has 14 heavy (non-hydrogen) atoms. The Kier molecular flexibility index (Phi) is 2.52. The van der Waals surface area contributed by atoms with Crippen LogP contribution in [0.1, 0.15) is 0 Å². The number of hydrogen-bond acceptors (Lipinski definition) is 3. The Hall–Kier alpha value is -0.930. The number of fused-ring (bicyclic) bond motifs is 1. The first kappa shape index (κ1) is 9.62. The summed E-state index contributed by atoms with van der Waals surface area (Å²) in [5, 5.41) is 3.62. The van der Waals surface area contributed by atoms with Crippen LogP contribution in [-0.2, 0) is 0 Å². The Morgan fingerprint density at radius 3 is 2.71 bits per heavy atom. The number of rotatable bonds is 2. The number of benzene rings is 1. The standard InChI is InChI=1S/C10H9ClO2S/c1-12-7-5-8-6(3-4-14-8)9(11)10(7)13-2/h3-5H,1-2H3. The zero-order valence-electron chi connectivity index (χ0n) is 7.83. The van der Waals surface area contributed by atoms with Crippen molar-refractivity contribution in [1.82, 2.24) is 0 Å². The molecule has 4 heteroatoms. The molecule has 74 valence electrons. The van der Waals surface area contributed by atoms with Gasteiger partial charge in [0.1, 0.15) is 0 Å². The Morgan fingerprint density at radius 1 is 1.29 bits per heavy atom. The summed E-state index contributed by atoms with van der Waals surface area (Å²) in [6, 6.07) is 3.91. The van der Waals surface area contributed by atoms with Gasteiger partial charge < -0.3 is 9.47 Å². The summed E-state index contributed by atoms with van der Waals surface area (Å²) in [5.41, 5.74) is 0. The molecule has 0 aliphatic heterocycles. The predicted octanol–water partition coefficient (Wildman–Crippen LogP) is 3.57. The SMILES string of the molecule is COc1cc2sccc2c(Cl)c1OC. The van der Waals surface area contributed by atoms with Crippen molar-refractivity contribution < 1.29 is 9.47 Å². The molecule has 1 heterocycles. The maximum atomic E-state index is 6.17. The number of hydrogen-bond donors (Lipinski definition) is 0. The van der Waals surface area contributed by atoms with Crippen molar-refractivity contribution in [2.75, 3.05) is 14.2 Å². The first-order chi connectivity index (χ1) is 6.77. The highest BCUT2D eigenvalue weighted by atomic mass is 35.5. The highest BCUT2D eigenvalue weighted by molar-refractivity contribution is 7.17. The zero-order valence-corrected chi connectivity index (χ0v) is 9.41. The fourth-order valence-electron chi connectivity index (χ4n) is 1.37. The molecule has 0 fully saturated rings. The largest absolute Gasteiger partial charge is 0.493 e. The summed E-state index contributed by atoms with van der Waals surface area (Å²) < 4.78 is 11.5. The molecular formula is C10H9ClO2S. The van der Waals surface area contributed by atoms with Gasteiger partial charge in [-0.05, 0) is 11.4 Å². The molecule has 2 nitrogen and oxygen atoms in total. The van der Waals surface area contributed by atoms with E-state index >= 15 is 0 Å². The second-order valence-electron chi connectivity index (χ2n) is 2.76. The minimum absolute atomic E-state index is 0.597. The number of methoxy groups -OCH3 is 2. The quantitative estimate of drug-likeness (QED) is 0.783. The lowest BCUT2D eigenvalue weighted by molar-refractivity contribution is 0.356. The second-order valence-corrected chi connectivity index (χ2v) is 4.08. The molecule has 0 aliphatic rings. The lowest BCUT2D eigenvalue weighted by Crippen LogP contribution is -1.90. The van der Waals surface area contributed by atoms with Gasteiger partial charge in [-0.25, -0.2) is 0 Å². The van der Waals surface area contributed by atoms with E-state index in [9.17, 15) is 0 Å². The van der Waals surface area contributed by atoms with E-state index < -0.39 is 0 Å². The Balaban J connectivity index is 2.79. The van der Waals surface area contributed by atoms with E-state index in [2.05, 4.69) is 0 Å². The molecule has 1 aromatic carbocycles. The number of thiophene rings is 1. The maximum Gasteiger partial charge on any atom is 0.180 e. The maximum absolute atomic E-state index is 6.17. The van der Waals surface area contributed by atoms with Crippen LogP contribution >= 0.6 is 22.9 Å². The lowest BCUT2D eigenvalue weighted by Gasteiger charge is -2.09. The highest BCUT2D eigenvalue weighted by Crippen LogP contribution is 2.42. The molecule has 0 radical (unpaired) electrons. The van der Waals surface area contributed by atoms with Gasteiger partial charge in [-0.3, -0.25) is 0 Å². The third kappa shape index (κ3) is 1.33. The summed E-state index contributed by atoms with van der Waals surface area (Å²) in [4.78, 5) is 0. The monoisotopic (exact) mass is 228 g/mol. The first-order valence-corrected chi connectivity index (χ1v) is 5.31. The number of halogens is 1. The van der Waals surface area contributed by atoms with Gasteiger partial charge in [-0.1, -0.05) is 11.6 Å². The average molecular weight is 229 g/mol. The van der Waals surface area contributed by atoms with E-state index in [-0.39, 0.29) is 0 Å². The van der Waals surface area contributed by atoms with Crippen molar-refractivity contribution in [2.24, 2.45) is 0 Å². The van der Waals surface area contributed by atoms with Crippen LogP contribution in [0.3, 0.4) is 0 Å². The van der Waals surface area contributed by atoms with Gasteiger partial charge in [-0.15, -0.1) is 11.3 Å². The molecular weight excluding hydrogens is 220 g/mol. The van der Waals surface area contributed by atoms with E-state index in [1.54, 1.807) is 25.6 Å². The van der Waals surface area contributed by atoms with E-state index in [1.807, 2.05) is 17.5 Å².